The molecule has 2 aliphatic heterocycles. The van der Waals surface area contributed by atoms with Gasteiger partial charge < -0.3 is 86.7 Å². The number of benzene rings is 6. The Bertz CT molecular complexity index is 3510. The van der Waals surface area contributed by atoms with Crippen molar-refractivity contribution >= 4 is 35.6 Å². The summed E-state index contributed by atoms with van der Waals surface area (Å²) in [5.41, 5.74) is 4.34. The number of piperidine rings is 2. The Hall–Kier alpha value is -10.3. The number of methoxy groups -OCH3 is 10. The zero-order valence-corrected chi connectivity index (χ0v) is 60.6. The highest BCUT2D eigenvalue weighted by molar-refractivity contribution is 5.90. The van der Waals surface area contributed by atoms with Gasteiger partial charge in [0, 0.05) is 26.2 Å². The minimum Gasteiger partial charge on any atom is -0.493 e. The minimum absolute atomic E-state index is 0.0705. The number of carbonyl (C=O) groups is 6. The molecule has 0 saturated carbocycles. The zero-order chi connectivity index (χ0) is 73.2. The number of esters is 2. The molecule has 24 heteroatoms. The van der Waals surface area contributed by atoms with Gasteiger partial charge in [0.15, 0.2) is 59.2 Å². The third kappa shape index (κ3) is 19.8. The maximum Gasteiger partial charge on any atom is 0.329 e. The second-order valence-corrected chi connectivity index (χ2v) is 24.7. The van der Waals surface area contributed by atoms with E-state index in [-0.39, 0.29) is 38.1 Å². The van der Waals surface area contributed by atoms with E-state index in [1.165, 1.54) is 42.7 Å². The van der Waals surface area contributed by atoms with E-state index < -0.39 is 59.9 Å². The molecule has 24 nitrogen and oxygen atoms in total. The van der Waals surface area contributed by atoms with Crippen molar-refractivity contribution in [2.45, 2.75) is 127 Å². The number of amides is 4. The minimum atomic E-state index is -0.860. The Morgan fingerprint density at radius 3 is 1.11 bits per heavy atom. The molecule has 2 unspecified atom stereocenters. The number of nitrogens with one attached hydrogen (secondary N) is 2. The maximum absolute atomic E-state index is 14.7. The molecular formula is C78H98N4O20. The molecule has 6 atom stereocenters. The van der Waals surface area contributed by atoms with Crippen molar-refractivity contribution in [2.75, 3.05) is 110 Å². The van der Waals surface area contributed by atoms with Crippen LogP contribution in [0.25, 0.3) is 0 Å². The number of likely N-dealkylation sites (tertiary alicyclic amines) is 2. The van der Waals surface area contributed by atoms with Crippen LogP contribution >= 0.6 is 0 Å². The normalized spacial score (nSPS) is 15.4. The molecule has 102 heavy (non-hydrogen) atoms. The first-order chi connectivity index (χ1) is 49.5. The van der Waals surface area contributed by atoms with Gasteiger partial charge in [0.2, 0.25) is 23.3 Å². The summed E-state index contributed by atoms with van der Waals surface area (Å²) < 4.78 is 80.7. The molecule has 550 valence electrons. The summed E-state index contributed by atoms with van der Waals surface area (Å²) in [5, 5.41) is 5.55. The van der Waals surface area contributed by atoms with Gasteiger partial charge in [0.05, 0.1) is 82.9 Å². The highest BCUT2D eigenvalue weighted by atomic mass is 16.6. The average Bonchev–Trinajstić information content (AvgIpc) is 0.796. The molecule has 2 N–H and O–H groups in total. The fraction of sp³-hybridized carbons (Fsp3) is 0.462. The molecule has 2 heterocycles. The zero-order valence-electron chi connectivity index (χ0n) is 60.6. The first-order valence-electron chi connectivity index (χ1n) is 34.5. The molecule has 0 radical (unpaired) electrons. The Morgan fingerprint density at radius 1 is 0.412 bits per heavy atom. The molecule has 2 aliphatic rings. The number of aryl methyl sites for hydroxylation is 2. The molecule has 8 rings (SSSR count). The summed E-state index contributed by atoms with van der Waals surface area (Å²) in [6.45, 7) is 3.97. The highest BCUT2D eigenvalue weighted by Gasteiger charge is 2.40. The van der Waals surface area contributed by atoms with E-state index in [4.69, 9.17) is 66.3 Å². The Kier molecular flexibility index (Phi) is 29.3. The van der Waals surface area contributed by atoms with Gasteiger partial charge in [0.1, 0.15) is 35.8 Å². The van der Waals surface area contributed by atoms with Crippen LogP contribution in [0.1, 0.15) is 135 Å². The second kappa shape index (κ2) is 38.5. The van der Waals surface area contributed by atoms with Crippen molar-refractivity contribution in [1.82, 2.24) is 20.4 Å². The number of hydrogen-bond acceptors (Lipinski definition) is 20. The SMILES string of the molecule is CCC(C(=O)N1CCCC[C@H]1C(=O)O[C@H](CCc1ccc(OC)c(OC)c1)c1cccc(OCC(=O)NCCNC(=O)COc2cccc([C@@H](CCc3ccc(OC)c(OC)c3)OC(=O)[C@@H]3CCCCN3C(=O)C(CC)c3cc(OC)c(OC)c(OC)c3)c2)c1)c1cc(OC)c(OC)c(OC)c1. The third-order valence-electron chi connectivity index (χ3n) is 18.5. The lowest BCUT2D eigenvalue weighted by molar-refractivity contribution is -0.162. The van der Waals surface area contributed by atoms with Crippen molar-refractivity contribution < 1.29 is 95.1 Å². The molecule has 6 aromatic rings. The van der Waals surface area contributed by atoms with Gasteiger partial charge in [-0.25, -0.2) is 9.59 Å². The Morgan fingerprint density at radius 2 is 0.775 bits per heavy atom. The van der Waals surface area contributed by atoms with Crippen LogP contribution in [0.4, 0.5) is 0 Å². The van der Waals surface area contributed by atoms with Gasteiger partial charge in [-0.05, 0) is 183 Å². The van der Waals surface area contributed by atoms with Gasteiger partial charge in [0.25, 0.3) is 11.8 Å². The largest absolute Gasteiger partial charge is 0.493 e. The predicted molar refractivity (Wildman–Crippen MR) is 380 cm³/mol. The predicted octanol–water partition coefficient (Wildman–Crippen LogP) is 11.0. The van der Waals surface area contributed by atoms with Crippen molar-refractivity contribution in [2.24, 2.45) is 0 Å². The number of nitrogens with zero attached hydrogens (tertiary/aromatic N) is 2. The summed E-state index contributed by atoms with van der Waals surface area (Å²) >= 11 is 0. The molecular weight excluding hydrogens is 1310 g/mol. The molecule has 2 saturated heterocycles. The van der Waals surface area contributed by atoms with Crippen LogP contribution in [0, 0.1) is 0 Å². The lowest BCUT2D eigenvalue weighted by Crippen LogP contribution is -2.50. The lowest BCUT2D eigenvalue weighted by atomic mass is 9.91. The molecule has 0 spiro atoms. The standard InChI is InChI=1S/C78H98N4O20/c1-13-57(53-43-67(93-7)73(97-11)68(44-53)94-8)75(85)81-37-17-15-25-59(81)77(87)101-61(31-27-49-29-33-63(89-3)65(39-49)91-5)51-21-19-23-55(41-51)99-47-71(83)79-35-36-80-72(84)48-100-56-24-20-22-52(42-56)62(32-28-50-30-34-64(90-4)66(40-50)92-6)102-78(88)60-26-16-18-38-82(60)76(86)58(14-2)54-45-69(95-9)74(98-12)70(46-54)96-10/h19-24,29-30,33-34,39-46,57-62H,13-18,25-28,31-32,35-38,47-48H2,1-12H3,(H,79,83)(H,80,84)/t57?,58?,59-,60-,61+,62+/m0/s1. The quantitative estimate of drug-likeness (QED) is 0.0271. The van der Waals surface area contributed by atoms with Gasteiger partial charge in [-0.2, -0.15) is 0 Å². The monoisotopic (exact) mass is 1410 g/mol. The average molecular weight is 1410 g/mol. The second-order valence-electron chi connectivity index (χ2n) is 24.7. The van der Waals surface area contributed by atoms with E-state index in [2.05, 4.69) is 10.6 Å². The first kappa shape index (κ1) is 77.5. The molecule has 2 fully saturated rings. The first-order valence-corrected chi connectivity index (χ1v) is 34.5. The summed E-state index contributed by atoms with van der Waals surface area (Å²) in [4.78, 5) is 88.3. The smallest absolute Gasteiger partial charge is 0.329 e. The molecule has 4 amide bonds. The van der Waals surface area contributed by atoms with E-state index in [1.807, 2.05) is 62.4 Å². The van der Waals surface area contributed by atoms with E-state index in [9.17, 15) is 28.8 Å². The molecule has 0 aromatic heterocycles. The fourth-order valence-electron chi connectivity index (χ4n) is 13.1. The van der Waals surface area contributed by atoms with Gasteiger partial charge >= 0.3 is 11.9 Å². The van der Waals surface area contributed by atoms with E-state index in [0.29, 0.717) is 181 Å². The van der Waals surface area contributed by atoms with E-state index in [1.54, 1.807) is 98.9 Å². The van der Waals surface area contributed by atoms with Crippen molar-refractivity contribution in [1.29, 1.82) is 0 Å². The van der Waals surface area contributed by atoms with Crippen LogP contribution in [0.2, 0.25) is 0 Å². The van der Waals surface area contributed by atoms with Crippen LogP contribution in [0.5, 0.6) is 69.0 Å². The summed E-state index contributed by atoms with van der Waals surface area (Å²) in [5.74, 6) is 1.68. The van der Waals surface area contributed by atoms with Crippen molar-refractivity contribution in [3.8, 4) is 69.0 Å². The summed E-state index contributed by atoms with van der Waals surface area (Å²) in [6, 6.07) is 30.5. The summed E-state index contributed by atoms with van der Waals surface area (Å²) in [6.07, 6.45) is 4.54. The van der Waals surface area contributed by atoms with Gasteiger partial charge in [-0.3, -0.25) is 19.2 Å². The van der Waals surface area contributed by atoms with Crippen LogP contribution in [0.15, 0.2) is 109 Å². The number of carbonyl (C=O) groups excluding carboxylic acids is 6. The van der Waals surface area contributed by atoms with Crippen molar-refractivity contribution in [3.63, 3.8) is 0 Å². The topological polar surface area (TPSA) is 262 Å². The Labute approximate surface area is 597 Å². The summed E-state index contributed by atoms with van der Waals surface area (Å²) in [7, 11) is 15.3. The number of hydrogen-bond donors (Lipinski definition) is 2. The number of rotatable bonds is 37. The van der Waals surface area contributed by atoms with E-state index >= 15 is 0 Å². The van der Waals surface area contributed by atoms with Crippen LogP contribution in [-0.2, 0) is 51.1 Å². The molecule has 0 bridgehead atoms. The number of ether oxygens (including phenoxy) is 14. The fourth-order valence-corrected chi connectivity index (χ4v) is 13.1. The molecule has 0 aliphatic carbocycles. The van der Waals surface area contributed by atoms with E-state index in [0.717, 1.165) is 11.1 Å². The third-order valence-corrected chi connectivity index (χ3v) is 18.5. The van der Waals surface area contributed by atoms with Crippen LogP contribution in [-0.4, -0.2) is 168 Å². The maximum atomic E-state index is 14.7. The van der Waals surface area contributed by atoms with Gasteiger partial charge in [-0.1, -0.05) is 50.2 Å². The van der Waals surface area contributed by atoms with Crippen LogP contribution in [0.3, 0.4) is 0 Å². The van der Waals surface area contributed by atoms with Gasteiger partial charge in [-0.15, -0.1) is 0 Å². The highest BCUT2D eigenvalue weighted by Crippen LogP contribution is 2.44. The Balaban J connectivity index is 0.885. The molecule has 6 aromatic carbocycles. The van der Waals surface area contributed by atoms with Crippen LogP contribution < -0.4 is 67.5 Å². The lowest BCUT2D eigenvalue weighted by Gasteiger charge is -2.37. The van der Waals surface area contributed by atoms with Crippen molar-refractivity contribution in [3.05, 3.63) is 143 Å².